The largest absolute Gasteiger partial charge is 0.497 e. The Morgan fingerprint density at radius 2 is 1.77 bits per heavy atom. The highest BCUT2D eigenvalue weighted by Crippen LogP contribution is 2.40. The molecule has 184 valence electrons. The predicted molar refractivity (Wildman–Crippen MR) is 126 cm³/mol. The Morgan fingerprint density at radius 1 is 1.03 bits per heavy atom. The zero-order valence-corrected chi connectivity index (χ0v) is 19.8. The molecule has 1 saturated heterocycles. The second-order valence-corrected chi connectivity index (χ2v) is 9.11. The topological polar surface area (TPSA) is 83.5 Å². The summed E-state index contributed by atoms with van der Waals surface area (Å²) in [7, 11) is 2.99. The number of nitrogens with zero attached hydrogens (tertiary/aromatic N) is 1. The molecule has 4 atom stereocenters. The lowest BCUT2D eigenvalue weighted by atomic mass is 9.73. The monoisotopic (exact) mass is 479 g/mol. The summed E-state index contributed by atoms with van der Waals surface area (Å²) in [6, 6.07) is 14.5. The Hall–Kier alpha value is -3.36. The fourth-order valence-electron chi connectivity index (χ4n) is 5.15. The third-order valence-corrected chi connectivity index (χ3v) is 6.98. The Labute approximate surface area is 204 Å². The number of ether oxygens (including phenoxy) is 5. The SMILES string of the molecule is COC(=O)c1ccc(OC2=COC3C(CCC4OCN(Cc5ccc(OC)cc5)CC43)C2=O)cc1. The minimum absolute atomic E-state index is 0.0518. The first-order valence-electron chi connectivity index (χ1n) is 11.8. The van der Waals surface area contributed by atoms with Gasteiger partial charge in [0.05, 0.1) is 38.5 Å². The van der Waals surface area contributed by atoms with E-state index in [-0.39, 0.29) is 35.6 Å². The number of rotatable bonds is 6. The molecule has 3 aliphatic rings. The molecule has 2 aliphatic heterocycles. The van der Waals surface area contributed by atoms with Crippen LogP contribution >= 0.6 is 0 Å². The molecule has 35 heavy (non-hydrogen) atoms. The maximum absolute atomic E-state index is 13.3. The summed E-state index contributed by atoms with van der Waals surface area (Å²) >= 11 is 0. The molecule has 2 fully saturated rings. The maximum atomic E-state index is 13.3. The van der Waals surface area contributed by atoms with Crippen LogP contribution in [-0.2, 0) is 25.5 Å². The van der Waals surface area contributed by atoms with Crippen LogP contribution in [0.3, 0.4) is 0 Å². The molecule has 0 bridgehead atoms. The predicted octanol–water partition coefficient (Wildman–Crippen LogP) is 3.55. The second-order valence-electron chi connectivity index (χ2n) is 9.11. The van der Waals surface area contributed by atoms with E-state index in [9.17, 15) is 9.59 Å². The number of hydrogen-bond donors (Lipinski definition) is 0. The smallest absolute Gasteiger partial charge is 0.337 e. The molecule has 5 rings (SSSR count). The van der Waals surface area contributed by atoms with Gasteiger partial charge in [-0.25, -0.2) is 4.79 Å². The van der Waals surface area contributed by atoms with E-state index < -0.39 is 5.97 Å². The number of esters is 1. The lowest BCUT2D eigenvalue weighted by Gasteiger charge is -2.48. The van der Waals surface area contributed by atoms with Gasteiger partial charge in [-0.2, -0.15) is 0 Å². The number of carbonyl (C=O) groups is 2. The summed E-state index contributed by atoms with van der Waals surface area (Å²) in [5.74, 6) is 0.823. The zero-order chi connectivity index (χ0) is 24.4. The van der Waals surface area contributed by atoms with Crippen LogP contribution in [0.2, 0.25) is 0 Å². The van der Waals surface area contributed by atoms with Crippen molar-refractivity contribution in [3.8, 4) is 11.5 Å². The van der Waals surface area contributed by atoms with Crippen molar-refractivity contribution in [1.29, 1.82) is 0 Å². The summed E-state index contributed by atoms with van der Waals surface area (Å²) in [5.41, 5.74) is 1.59. The van der Waals surface area contributed by atoms with Crippen molar-refractivity contribution in [3.63, 3.8) is 0 Å². The van der Waals surface area contributed by atoms with E-state index in [1.807, 2.05) is 12.1 Å². The van der Waals surface area contributed by atoms with E-state index in [4.69, 9.17) is 23.7 Å². The zero-order valence-electron chi connectivity index (χ0n) is 19.8. The van der Waals surface area contributed by atoms with Gasteiger partial charge in [-0.05, 0) is 54.8 Å². The van der Waals surface area contributed by atoms with E-state index in [2.05, 4.69) is 17.0 Å². The number of Topliss-reactive ketones (excluding diaryl/α,β-unsaturated/α-hetero) is 1. The van der Waals surface area contributed by atoms with Gasteiger partial charge in [0.25, 0.3) is 0 Å². The quantitative estimate of drug-likeness (QED) is 0.582. The summed E-state index contributed by atoms with van der Waals surface area (Å²) in [6.07, 6.45) is 2.79. The number of allylic oxidation sites excluding steroid dienone is 1. The van der Waals surface area contributed by atoms with Crippen LogP contribution in [0, 0.1) is 11.8 Å². The second kappa shape index (κ2) is 10.1. The molecule has 2 aromatic rings. The molecule has 8 heteroatoms. The van der Waals surface area contributed by atoms with Gasteiger partial charge in [-0.3, -0.25) is 9.69 Å². The van der Waals surface area contributed by atoms with Crippen LogP contribution in [0.5, 0.6) is 11.5 Å². The number of benzene rings is 2. The molecule has 2 aromatic carbocycles. The number of hydrogen-bond acceptors (Lipinski definition) is 8. The standard InChI is InChI=1S/C27H29NO7/c1-31-19-7-3-17(4-8-19)13-28-14-22-23(34-16-28)12-11-21-25(29)24(15-33-26(21)22)35-20-9-5-18(6-10-20)27(30)32-2/h3-10,15,21-23,26H,11-14,16H2,1-2H3. The average Bonchev–Trinajstić information content (AvgIpc) is 2.90. The van der Waals surface area contributed by atoms with Crippen molar-refractivity contribution in [2.75, 3.05) is 27.5 Å². The lowest BCUT2D eigenvalue weighted by Crippen LogP contribution is -2.56. The number of methoxy groups -OCH3 is 2. The van der Waals surface area contributed by atoms with E-state index >= 15 is 0 Å². The number of fused-ring (bicyclic) bond motifs is 3. The summed E-state index contributed by atoms with van der Waals surface area (Å²) in [6.45, 7) is 2.11. The van der Waals surface area contributed by atoms with Crippen molar-refractivity contribution < 1.29 is 33.3 Å². The van der Waals surface area contributed by atoms with Crippen LogP contribution < -0.4 is 9.47 Å². The van der Waals surface area contributed by atoms with Crippen LogP contribution in [0.15, 0.2) is 60.6 Å². The van der Waals surface area contributed by atoms with Gasteiger partial charge in [0.15, 0.2) is 0 Å². The number of ketones is 1. The van der Waals surface area contributed by atoms with E-state index in [0.29, 0.717) is 24.5 Å². The van der Waals surface area contributed by atoms with Crippen molar-refractivity contribution in [2.24, 2.45) is 11.8 Å². The first kappa shape index (κ1) is 23.4. The Kier molecular flexibility index (Phi) is 6.74. The van der Waals surface area contributed by atoms with Crippen molar-refractivity contribution in [2.45, 2.75) is 31.6 Å². The Balaban J connectivity index is 1.25. The van der Waals surface area contributed by atoms with Gasteiger partial charge in [-0.1, -0.05) is 12.1 Å². The highest BCUT2D eigenvalue weighted by molar-refractivity contribution is 5.96. The molecule has 4 unspecified atom stereocenters. The lowest BCUT2D eigenvalue weighted by molar-refractivity contribution is -0.175. The summed E-state index contributed by atoms with van der Waals surface area (Å²) in [4.78, 5) is 27.2. The maximum Gasteiger partial charge on any atom is 0.337 e. The van der Waals surface area contributed by atoms with Gasteiger partial charge in [0, 0.05) is 19.0 Å². The molecule has 0 spiro atoms. The van der Waals surface area contributed by atoms with Crippen molar-refractivity contribution in [3.05, 3.63) is 71.7 Å². The van der Waals surface area contributed by atoms with Gasteiger partial charge in [0.1, 0.15) is 23.9 Å². The highest BCUT2D eigenvalue weighted by atomic mass is 16.5. The van der Waals surface area contributed by atoms with E-state index in [0.717, 1.165) is 25.3 Å². The molecule has 1 aliphatic carbocycles. The molecule has 2 heterocycles. The third-order valence-electron chi connectivity index (χ3n) is 6.98. The van der Waals surface area contributed by atoms with Gasteiger partial charge < -0.3 is 23.7 Å². The van der Waals surface area contributed by atoms with Crippen LogP contribution in [0.1, 0.15) is 28.8 Å². The van der Waals surface area contributed by atoms with Crippen molar-refractivity contribution >= 4 is 11.8 Å². The van der Waals surface area contributed by atoms with E-state index in [1.165, 1.54) is 18.9 Å². The highest BCUT2D eigenvalue weighted by Gasteiger charge is 2.49. The average molecular weight is 480 g/mol. The van der Waals surface area contributed by atoms with Crippen molar-refractivity contribution in [1.82, 2.24) is 4.90 Å². The number of carbonyl (C=O) groups excluding carboxylic acids is 2. The summed E-state index contributed by atoms with van der Waals surface area (Å²) in [5, 5.41) is 0. The fourth-order valence-corrected chi connectivity index (χ4v) is 5.15. The Bertz CT molecular complexity index is 1100. The van der Waals surface area contributed by atoms with Gasteiger partial charge in [0.2, 0.25) is 11.5 Å². The molecular formula is C27H29NO7. The molecule has 0 N–H and O–H groups in total. The van der Waals surface area contributed by atoms with Crippen LogP contribution in [0.4, 0.5) is 0 Å². The molecule has 0 amide bonds. The summed E-state index contributed by atoms with van der Waals surface area (Å²) < 4.78 is 28.1. The normalized spacial score (nSPS) is 26.0. The van der Waals surface area contributed by atoms with Gasteiger partial charge >= 0.3 is 5.97 Å². The van der Waals surface area contributed by atoms with Crippen LogP contribution in [0.25, 0.3) is 0 Å². The fraction of sp³-hybridized carbons (Fsp3) is 0.407. The molecule has 1 saturated carbocycles. The first-order chi connectivity index (χ1) is 17.1. The molecule has 0 radical (unpaired) electrons. The molecule has 0 aromatic heterocycles. The minimum atomic E-state index is -0.428. The first-order valence-corrected chi connectivity index (χ1v) is 11.8. The van der Waals surface area contributed by atoms with Gasteiger partial charge in [-0.15, -0.1) is 0 Å². The Morgan fingerprint density at radius 3 is 2.49 bits per heavy atom. The third kappa shape index (κ3) is 4.90. The molecular weight excluding hydrogens is 450 g/mol. The molecule has 8 nitrogen and oxygen atoms in total. The minimum Gasteiger partial charge on any atom is -0.497 e. The van der Waals surface area contributed by atoms with E-state index in [1.54, 1.807) is 31.4 Å². The van der Waals surface area contributed by atoms with Crippen LogP contribution in [-0.4, -0.2) is 56.4 Å².